The van der Waals surface area contributed by atoms with Crippen LogP contribution >= 0.6 is 15.9 Å². The molecular formula is C12H7BrFN3O. The molecule has 0 aliphatic rings. The Balaban J connectivity index is 2.03. The third-order valence-electron chi connectivity index (χ3n) is 2.34. The Kier molecular flexibility index (Phi) is 2.71. The molecule has 3 rings (SSSR count). The van der Waals surface area contributed by atoms with E-state index in [1.165, 1.54) is 24.3 Å². The van der Waals surface area contributed by atoms with Gasteiger partial charge in [0.05, 0.1) is 0 Å². The lowest BCUT2D eigenvalue weighted by Gasteiger charge is -2.06. The number of rotatable bonds is 2. The van der Waals surface area contributed by atoms with Gasteiger partial charge in [-0.15, -0.1) is 0 Å². The van der Waals surface area contributed by atoms with E-state index in [0.717, 1.165) is 0 Å². The van der Waals surface area contributed by atoms with E-state index in [4.69, 9.17) is 4.74 Å². The van der Waals surface area contributed by atoms with Crippen molar-refractivity contribution < 1.29 is 9.13 Å². The molecule has 0 saturated heterocycles. The van der Waals surface area contributed by atoms with Gasteiger partial charge in [0, 0.05) is 18.6 Å². The first-order valence-corrected chi connectivity index (χ1v) is 5.94. The minimum atomic E-state index is -0.310. The van der Waals surface area contributed by atoms with Crippen LogP contribution in [0.3, 0.4) is 0 Å². The lowest BCUT2D eigenvalue weighted by Crippen LogP contribution is -1.94. The molecule has 0 aliphatic heterocycles. The van der Waals surface area contributed by atoms with Crippen molar-refractivity contribution in [2.75, 3.05) is 0 Å². The van der Waals surface area contributed by atoms with Crippen LogP contribution in [0.4, 0.5) is 4.39 Å². The largest absolute Gasteiger partial charge is 0.436 e. The van der Waals surface area contributed by atoms with Crippen molar-refractivity contribution in [1.29, 1.82) is 0 Å². The molecule has 0 N–H and O–H groups in total. The summed E-state index contributed by atoms with van der Waals surface area (Å²) in [5.41, 5.74) is 0.600. The maximum atomic E-state index is 12.8. The first-order chi connectivity index (χ1) is 8.72. The van der Waals surface area contributed by atoms with E-state index in [2.05, 4.69) is 25.9 Å². The van der Waals surface area contributed by atoms with Crippen LogP contribution in [0.2, 0.25) is 0 Å². The van der Waals surface area contributed by atoms with Crippen molar-refractivity contribution in [3.8, 4) is 11.6 Å². The van der Waals surface area contributed by atoms with Gasteiger partial charge in [0.25, 0.3) is 5.88 Å². The van der Waals surface area contributed by atoms with Crippen molar-refractivity contribution >= 4 is 21.6 Å². The van der Waals surface area contributed by atoms with Crippen molar-refractivity contribution in [2.24, 2.45) is 0 Å². The first-order valence-electron chi connectivity index (χ1n) is 5.15. The van der Waals surface area contributed by atoms with Gasteiger partial charge in [-0.05, 0) is 40.2 Å². The Morgan fingerprint density at radius 2 is 2.00 bits per heavy atom. The van der Waals surface area contributed by atoms with E-state index in [9.17, 15) is 4.39 Å². The molecule has 0 atom stereocenters. The molecule has 4 nitrogen and oxygen atoms in total. The number of ether oxygens (including phenoxy) is 1. The van der Waals surface area contributed by atoms with E-state index in [1.807, 2.05) is 0 Å². The van der Waals surface area contributed by atoms with Crippen molar-refractivity contribution in [3.63, 3.8) is 0 Å². The van der Waals surface area contributed by atoms with Gasteiger partial charge in [0.15, 0.2) is 0 Å². The molecule has 3 aromatic rings. The summed E-state index contributed by atoms with van der Waals surface area (Å²) in [6.07, 6.45) is 5.22. The lowest BCUT2D eigenvalue weighted by molar-refractivity contribution is 0.462. The summed E-state index contributed by atoms with van der Waals surface area (Å²) in [5, 5.41) is 0. The standard InChI is InChI=1S/C12H7BrFN3O/c13-10-7-17-6-5-15-11(17)12(16-10)18-9-3-1-8(14)2-4-9/h1-7H. The highest BCUT2D eigenvalue weighted by Crippen LogP contribution is 2.25. The van der Waals surface area contributed by atoms with E-state index in [1.54, 1.807) is 23.0 Å². The second-order valence-corrected chi connectivity index (χ2v) is 4.40. The average molecular weight is 308 g/mol. The molecule has 0 fully saturated rings. The molecule has 0 unspecified atom stereocenters. The fourth-order valence-electron chi connectivity index (χ4n) is 1.56. The molecule has 6 heteroatoms. The molecular weight excluding hydrogens is 301 g/mol. The van der Waals surface area contributed by atoms with Crippen LogP contribution < -0.4 is 4.74 Å². The van der Waals surface area contributed by atoms with Gasteiger partial charge >= 0.3 is 0 Å². The van der Waals surface area contributed by atoms with E-state index < -0.39 is 0 Å². The molecule has 0 radical (unpaired) electrons. The van der Waals surface area contributed by atoms with Crippen molar-refractivity contribution in [2.45, 2.75) is 0 Å². The highest BCUT2D eigenvalue weighted by molar-refractivity contribution is 9.10. The number of hydrogen-bond donors (Lipinski definition) is 0. The van der Waals surface area contributed by atoms with Crippen LogP contribution in [-0.4, -0.2) is 14.4 Å². The summed E-state index contributed by atoms with van der Waals surface area (Å²) in [4.78, 5) is 8.36. The molecule has 0 amide bonds. The summed E-state index contributed by atoms with van der Waals surface area (Å²) < 4.78 is 20.8. The summed E-state index contributed by atoms with van der Waals surface area (Å²) >= 11 is 3.29. The van der Waals surface area contributed by atoms with E-state index >= 15 is 0 Å². The van der Waals surface area contributed by atoms with Crippen LogP contribution in [0.1, 0.15) is 0 Å². The fourth-order valence-corrected chi connectivity index (χ4v) is 1.94. The molecule has 1 aromatic carbocycles. The van der Waals surface area contributed by atoms with Crippen LogP contribution in [0.15, 0.2) is 47.5 Å². The van der Waals surface area contributed by atoms with Gasteiger partial charge in [0.1, 0.15) is 16.2 Å². The Bertz CT molecular complexity index is 696. The number of imidazole rings is 1. The summed E-state index contributed by atoms with van der Waals surface area (Å²) in [6.45, 7) is 0. The van der Waals surface area contributed by atoms with Crippen LogP contribution in [0.5, 0.6) is 11.6 Å². The second kappa shape index (κ2) is 4.38. The average Bonchev–Trinajstić information content (AvgIpc) is 2.80. The fraction of sp³-hybridized carbons (Fsp3) is 0. The van der Waals surface area contributed by atoms with Gasteiger partial charge in [-0.1, -0.05) is 0 Å². The smallest absolute Gasteiger partial charge is 0.264 e. The molecule has 0 spiro atoms. The second-order valence-electron chi connectivity index (χ2n) is 3.58. The summed E-state index contributed by atoms with van der Waals surface area (Å²) in [5.74, 6) is 0.559. The molecule has 0 aliphatic carbocycles. The lowest BCUT2D eigenvalue weighted by atomic mass is 10.3. The Labute approximate surface area is 110 Å². The summed E-state index contributed by atoms with van der Waals surface area (Å²) in [7, 11) is 0. The number of nitrogens with zero attached hydrogens (tertiary/aromatic N) is 3. The number of benzene rings is 1. The Hall–Kier alpha value is -1.95. The van der Waals surface area contributed by atoms with Crippen molar-refractivity contribution in [3.05, 3.63) is 53.3 Å². The van der Waals surface area contributed by atoms with Gasteiger partial charge in [-0.2, -0.15) is 0 Å². The zero-order valence-corrected chi connectivity index (χ0v) is 10.6. The Morgan fingerprint density at radius 1 is 1.22 bits per heavy atom. The number of aromatic nitrogens is 3. The minimum absolute atomic E-state index is 0.310. The predicted octanol–water partition coefficient (Wildman–Crippen LogP) is 3.42. The van der Waals surface area contributed by atoms with Crippen LogP contribution in [-0.2, 0) is 0 Å². The van der Waals surface area contributed by atoms with E-state index in [-0.39, 0.29) is 5.82 Å². The van der Waals surface area contributed by atoms with Gasteiger partial charge in [-0.3, -0.25) is 4.40 Å². The van der Waals surface area contributed by atoms with Crippen LogP contribution in [0.25, 0.3) is 5.65 Å². The number of halogens is 2. The SMILES string of the molecule is Fc1ccc(Oc2nc(Br)cn3ccnc23)cc1. The van der Waals surface area contributed by atoms with E-state index in [0.29, 0.717) is 21.9 Å². The molecule has 0 saturated carbocycles. The highest BCUT2D eigenvalue weighted by atomic mass is 79.9. The molecule has 2 aromatic heterocycles. The minimum Gasteiger partial charge on any atom is -0.436 e. The maximum Gasteiger partial charge on any atom is 0.264 e. The molecule has 2 heterocycles. The third kappa shape index (κ3) is 2.06. The molecule has 0 bridgehead atoms. The van der Waals surface area contributed by atoms with Gasteiger partial charge in [-0.25, -0.2) is 14.4 Å². The quantitative estimate of drug-likeness (QED) is 0.728. The van der Waals surface area contributed by atoms with Crippen molar-refractivity contribution in [1.82, 2.24) is 14.4 Å². The van der Waals surface area contributed by atoms with Crippen LogP contribution in [0, 0.1) is 5.82 Å². The zero-order chi connectivity index (χ0) is 12.5. The third-order valence-corrected chi connectivity index (χ3v) is 2.72. The van der Waals surface area contributed by atoms with Gasteiger partial charge in [0.2, 0.25) is 5.65 Å². The predicted molar refractivity (Wildman–Crippen MR) is 67.2 cm³/mol. The summed E-state index contributed by atoms with van der Waals surface area (Å²) in [6, 6.07) is 5.74. The number of hydrogen-bond acceptors (Lipinski definition) is 3. The first kappa shape index (κ1) is 11.2. The maximum absolute atomic E-state index is 12.8. The molecule has 90 valence electrons. The Morgan fingerprint density at radius 3 is 2.78 bits per heavy atom. The topological polar surface area (TPSA) is 39.4 Å². The van der Waals surface area contributed by atoms with Gasteiger partial charge < -0.3 is 4.74 Å². The molecule has 18 heavy (non-hydrogen) atoms. The monoisotopic (exact) mass is 307 g/mol. The zero-order valence-electron chi connectivity index (χ0n) is 9.05. The highest BCUT2D eigenvalue weighted by Gasteiger charge is 2.08. The normalized spacial score (nSPS) is 10.8. The number of fused-ring (bicyclic) bond motifs is 1.